The first-order chi connectivity index (χ1) is 17.5. The van der Waals surface area contributed by atoms with Crippen molar-refractivity contribution in [3.8, 4) is 5.75 Å². The number of hydrogen-bond acceptors (Lipinski definition) is 7. The Morgan fingerprint density at radius 2 is 1.45 bits per heavy atom. The number of carbonyl (C=O) groups is 4. The molecule has 0 aliphatic carbocycles. The molecule has 0 heterocycles. The van der Waals surface area contributed by atoms with Crippen molar-refractivity contribution in [1.29, 1.82) is 0 Å². The molecule has 0 aromatic heterocycles. The largest absolute Gasteiger partial charge is 0.488 e. The number of nitrogens with two attached hydrogens (primary N) is 1. The summed E-state index contributed by atoms with van der Waals surface area (Å²) in [6, 6.07) is 11.7. The van der Waals surface area contributed by atoms with E-state index in [4.69, 9.17) is 15.2 Å². The fraction of sp³-hybridized carbons (Fsp3) is 0.385. The van der Waals surface area contributed by atoms with E-state index in [1.165, 1.54) is 27.9 Å². The monoisotopic (exact) mass is 660 g/mol. The van der Waals surface area contributed by atoms with Crippen LogP contribution in [0.15, 0.2) is 48.5 Å². The standard InChI is InChI=1S/C26H33IN4O6.ClH/c1-15(28)23(32)29-16(2)24(33)30-17(3)25(34)31-21(26(35)36-4)13-19-10-11-22(20(27)12-19)37-14-18-8-6-5-7-9-18;/h5-12,15-17,21H,13-14,28H2,1-4H3,(H,29,32)(H,30,33)(H,31,34);1H/t15-,16-,17-,21-;/m0./s1. The maximum absolute atomic E-state index is 12.7. The minimum atomic E-state index is -0.973. The van der Waals surface area contributed by atoms with Crippen molar-refractivity contribution in [3.63, 3.8) is 0 Å². The van der Waals surface area contributed by atoms with Crippen LogP contribution in [0, 0.1) is 3.57 Å². The van der Waals surface area contributed by atoms with Crippen LogP contribution in [0.25, 0.3) is 0 Å². The van der Waals surface area contributed by atoms with Gasteiger partial charge in [0.25, 0.3) is 0 Å². The van der Waals surface area contributed by atoms with Crippen LogP contribution in [0.3, 0.4) is 0 Å². The second-order valence-corrected chi connectivity index (χ2v) is 9.74. The average molecular weight is 661 g/mol. The zero-order valence-electron chi connectivity index (χ0n) is 21.7. The first kappa shape index (κ1) is 33.1. The fourth-order valence-electron chi connectivity index (χ4n) is 3.21. The lowest BCUT2D eigenvalue weighted by Gasteiger charge is -2.22. The quantitative estimate of drug-likeness (QED) is 0.201. The maximum Gasteiger partial charge on any atom is 0.328 e. The van der Waals surface area contributed by atoms with E-state index in [1.807, 2.05) is 48.5 Å². The van der Waals surface area contributed by atoms with E-state index in [2.05, 4.69) is 38.5 Å². The van der Waals surface area contributed by atoms with Gasteiger partial charge in [0.05, 0.1) is 16.7 Å². The fourth-order valence-corrected chi connectivity index (χ4v) is 3.94. The van der Waals surface area contributed by atoms with Crippen molar-refractivity contribution in [3.05, 3.63) is 63.2 Å². The Labute approximate surface area is 242 Å². The number of carbonyl (C=O) groups excluding carboxylic acids is 4. The third kappa shape index (κ3) is 10.5. The molecule has 208 valence electrons. The van der Waals surface area contributed by atoms with Gasteiger partial charge in [-0.15, -0.1) is 12.4 Å². The van der Waals surface area contributed by atoms with Gasteiger partial charge in [0.15, 0.2) is 0 Å². The molecule has 0 aliphatic heterocycles. The van der Waals surface area contributed by atoms with E-state index in [9.17, 15) is 19.2 Å². The first-order valence-corrected chi connectivity index (χ1v) is 12.8. The molecule has 10 nitrogen and oxygen atoms in total. The molecule has 3 amide bonds. The molecule has 12 heteroatoms. The zero-order chi connectivity index (χ0) is 27.5. The summed E-state index contributed by atoms with van der Waals surface area (Å²) in [4.78, 5) is 49.2. The number of ether oxygens (including phenoxy) is 2. The Morgan fingerprint density at radius 1 is 0.868 bits per heavy atom. The molecule has 4 atom stereocenters. The first-order valence-electron chi connectivity index (χ1n) is 11.7. The summed E-state index contributed by atoms with van der Waals surface area (Å²) < 4.78 is 11.6. The molecule has 2 aromatic carbocycles. The molecular formula is C26H34ClIN4O6. The van der Waals surface area contributed by atoms with Crippen LogP contribution in [0.4, 0.5) is 0 Å². The summed E-state index contributed by atoms with van der Waals surface area (Å²) in [5, 5.41) is 7.61. The lowest BCUT2D eigenvalue weighted by Crippen LogP contribution is -2.55. The lowest BCUT2D eigenvalue weighted by atomic mass is 10.1. The second-order valence-electron chi connectivity index (χ2n) is 8.58. The van der Waals surface area contributed by atoms with Crippen LogP contribution >= 0.6 is 35.0 Å². The number of benzene rings is 2. The number of esters is 1. The number of nitrogens with one attached hydrogen (secondary N) is 3. The Kier molecular flexibility index (Phi) is 14.1. The highest BCUT2D eigenvalue weighted by atomic mass is 127. The van der Waals surface area contributed by atoms with Crippen LogP contribution < -0.4 is 26.4 Å². The van der Waals surface area contributed by atoms with Gasteiger partial charge in [-0.25, -0.2) is 4.79 Å². The van der Waals surface area contributed by atoms with E-state index >= 15 is 0 Å². The second kappa shape index (κ2) is 16.1. The number of amides is 3. The van der Waals surface area contributed by atoms with Gasteiger partial charge in [-0.2, -0.15) is 0 Å². The molecule has 2 rings (SSSR count). The van der Waals surface area contributed by atoms with E-state index in [0.29, 0.717) is 12.4 Å². The molecule has 0 aliphatic rings. The Morgan fingerprint density at radius 3 is 2.00 bits per heavy atom. The van der Waals surface area contributed by atoms with Crippen molar-refractivity contribution in [2.45, 2.75) is 58.0 Å². The summed E-state index contributed by atoms with van der Waals surface area (Å²) in [5.74, 6) is -1.55. The molecule has 0 fully saturated rings. The Hall–Kier alpha value is -2.90. The molecule has 0 spiro atoms. The number of rotatable bonds is 12. The molecule has 0 radical (unpaired) electrons. The smallest absolute Gasteiger partial charge is 0.328 e. The van der Waals surface area contributed by atoms with Gasteiger partial charge in [-0.1, -0.05) is 36.4 Å². The summed E-state index contributed by atoms with van der Waals surface area (Å²) >= 11 is 2.16. The molecule has 0 bridgehead atoms. The molecule has 38 heavy (non-hydrogen) atoms. The Balaban J connectivity index is 0.00000722. The topological polar surface area (TPSA) is 149 Å². The van der Waals surface area contributed by atoms with Crippen LogP contribution in [-0.4, -0.2) is 55.0 Å². The summed E-state index contributed by atoms with van der Waals surface area (Å²) in [7, 11) is 1.24. The molecule has 0 saturated carbocycles. The summed E-state index contributed by atoms with van der Waals surface area (Å²) in [5.41, 5.74) is 7.32. The van der Waals surface area contributed by atoms with Crippen molar-refractivity contribution in [1.82, 2.24) is 16.0 Å². The summed E-state index contributed by atoms with van der Waals surface area (Å²) in [6.45, 7) is 4.87. The van der Waals surface area contributed by atoms with E-state index in [0.717, 1.165) is 14.7 Å². The SMILES string of the molecule is COC(=O)[C@H](Cc1ccc(OCc2ccccc2)c(I)c1)NC(=O)[C@H](C)NC(=O)[C@H](C)NC(=O)[C@H](C)N.Cl. The van der Waals surface area contributed by atoms with Gasteiger partial charge in [0.2, 0.25) is 17.7 Å². The van der Waals surface area contributed by atoms with Gasteiger partial charge >= 0.3 is 5.97 Å². The van der Waals surface area contributed by atoms with Gasteiger partial charge in [0.1, 0.15) is 30.5 Å². The molecule has 2 aromatic rings. The number of methoxy groups -OCH3 is 1. The molecule has 5 N–H and O–H groups in total. The van der Waals surface area contributed by atoms with Gasteiger partial charge < -0.3 is 31.2 Å². The normalized spacial score (nSPS) is 13.5. The predicted octanol–water partition coefficient (Wildman–Crippen LogP) is 1.85. The van der Waals surface area contributed by atoms with E-state index in [-0.39, 0.29) is 18.8 Å². The molecule has 0 saturated heterocycles. The van der Waals surface area contributed by atoms with E-state index in [1.54, 1.807) is 0 Å². The van der Waals surface area contributed by atoms with Gasteiger partial charge in [-0.3, -0.25) is 14.4 Å². The predicted molar refractivity (Wildman–Crippen MR) is 154 cm³/mol. The molecular weight excluding hydrogens is 627 g/mol. The number of halogens is 2. The zero-order valence-corrected chi connectivity index (χ0v) is 24.6. The van der Waals surface area contributed by atoms with Crippen LogP contribution in [0.1, 0.15) is 31.9 Å². The van der Waals surface area contributed by atoms with Crippen LogP contribution in [-0.2, 0) is 36.9 Å². The van der Waals surface area contributed by atoms with Gasteiger partial charge in [-0.05, 0) is 66.6 Å². The number of hydrogen-bond donors (Lipinski definition) is 4. The van der Waals surface area contributed by atoms with E-state index < -0.39 is 47.9 Å². The van der Waals surface area contributed by atoms with Crippen molar-refractivity contribution in [2.75, 3.05) is 7.11 Å². The Bertz CT molecular complexity index is 1100. The summed E-state index contributed by atoms with van der Waals surface area (Å²) in [6.07, 6.45) is 0.175. The highest BCUT2D eigenvalue weighted by Crippen LogP contribution is 2.24. The highest BCUT2D eigenvalue weighted by Gasteiger charge is 2.27. The minimum absolute atomic E-state index is 0. The van der Waals surface area contributed by atoms with Gasteiger partial charge in [0, 0.05) is 6.42 Å². The van der Waals surface area contributed by atoms with Crippen molar-refractivity contribution >= 4 is 58.7 Å². The van der Waals surface area contributed by atoms with Crippen LogP contribution in [0.2, 0.25) is 0 Å². The third-order valence-electron chi connectivity index (χ3n) is 5.39. The third-order valence-corrected chi connectivity index (χ3v) is 6.24. The average Bonchev–Trinajstić information content (AvgIpc) is 2.87. The molecule has 0 unspecified atom stereocenters. The van der Waals surface area contributed by atoms with Crippen molar-refractivity contribution in [2.24, 2.45) is 5.73 Å². The maximum atomic E-state index is 12.7. The minimum Gasteiger partial charge on any atom is -0.488 e. The lowest BCUT2D eigenvalue weighted by molar-refractivity contribution is -0.145. The highest BCUT2D eigenvalue weighted by molar-refractivity contribution is 14.1. The van der Waals surface area contributed by atoms with Crippen molar-refractivity contribution < 1.29 is 28.7 Å². The van der Waals surface area contributed by atoms with Crippen LogP contribution in [0.5, 0.6) is 5.75 Å².